The van der Waals surface area contributed by atoms with Crippen LogP contribution in [0.25, 0.3) is 6.08 Å². The van der Waals surface area contributed by atoms with Crippen molar-refractivity contribution in [2.75, 3.05) is 0 Å². The Morgan fingerprint density at radius 1 is 1.23 bits per heavy atom. The smallest absolute Gasteiger partial charge is 0.265 e. The molecule has 0 spiro atoms. The number of hydrogen-bond donors (Lipinski definition) is 1. The van der Waals surface area contributed by atoms with E-state index in [1.165, 1.54) is 12.3 Å². The quantitative estimate of drug-likeness (QED) is 0.940. The fraction of sp³-hybridized carbons (Fsp3) is 0.125. The topological polar surface area (TPSA) is 76.1 Å². The molecule has 0 atom stereocenters. The van der Waals surface area contributed by atoms with Gasteiger partial charge in [0.25, 0.3) is 15.9 Å². The van der Waals surface area contributed by atoms with Gasteiger partial charge in [0.05, 0.1) is 5.41 Å². The molecule has 2 aromatic rings. The fourth-order valence-corrected chi connectivity index (χ4v) is 2.70. The summed E-state index contributed by atoms with van der Waals surface area (Å²) in [7, 11) is -3.86. The molecule has 0 saturated carbocycles. The first-order chi connectivity index (χ1) is 10.4. The zero-order valence-electron chi connectivity index (χ0n) is 12.3. The molecule has 1 N–H and O–H groups in total. The van der Waals surface area contributed by atoms with Gasteiger partial charge < -0.3 is 0 Å². The third-order valence-corrected chi connectivity index (χ3v) is 3.95. The van der Waals surface area contributed by atoms with Crippen LogP contribution in [0.5, 0.6) is 0 Å². The number of amides is 1. The summed E-state index contributed by atoms with van der Waals surface area (Å²) in [5, 5.41) is 0.950. The number of pyridine rings is 1. The fourth-order valence-electron chi connectivity index (χ4n) is 1.93. The zero-order valence-corrected chi connectivity index (χ0v) is 13.1. The third kappa shape index (κ3) is 4.26. The van der Waals surface area contributed by atoms with Crippen molar-refractivity contribution in [3.8, 4) is 0 Å². The average Bonchev–Trinajstić information content (AvgIpc) is 2.45. The molecule has 1 aromatic carbocycles. The van der Waals surface area contributed by atoms with Gasteiger partial charge in [-0.15, -0.1) is 0 Å². The lowest BCUT2D eigenvalue weighted by Gasteiger charge is -2.07. The number of nitrogens with zero attached hydrogens (tertiary/aromatic N) is 1. The van der Waals surface area contributed by atoms with E-state index < -0.39 is 15.9 Å². The van der Waals surface area contributed by atoms with Crippen LogP contribution < -0.4 is 4.72 Å². The highest BCUT2D eigenvalue weighted by Gasteiger charge is 2.15. The maximum absolute atomic E-state index is 12.1. The lowest BCUT2D eigenvalue weighted by Crippen LogP contribution is -2.29. The van der Waals surface area contributed by atoms with Crippen molar-refractivity contribution >= 4 is 22.0 Å². The Morgan fingerprint density at radius 3 is 2.64 bits per heavy atom. The van der Waals surface area contributed by atoms with E-state index in [0.29, 0.717) is 11.1 Å². The molecule has 0 aliphatic heterocycles. The second-order valence-corrected chi connectivity index (χ2v) is 6.45. The Bertz CT molecular complexity index is 813. The summed E-state index contributed by atoms with van der Waals surface area (Å²) >= 11 is 0. The molecule has 1 amide bonds. The number of carbonyl (C=O) groups is 1. The van der Waals surface area contributed by atoms with Crippen LogP contribution in [0.2, 0.25) is 0 Å². The van der Waals surface area contributed by atoms with Crippen molar-refractivity contribution in [2.24, 2.45) is 0 Å². The number of aryl methyl sites for hydroxylation is 2. The van der Waals surface area contributed by atoms with Crippen LogP contribution in [-0.2, 0) is 10.0 Å². The van der Waals surface area contributed by atoms with Crippen LogP contribution in [0.15, 0.2) is 48.1 Å². The summed E-state index contributed by atoms with van der Waals surface area (Å²) in [6.07, 6.45) is 4.50. The van der Waals surface area contributed by atoms with Gasteiger partial charge in [-0.2, -0.15) is 0 Å². The van der Waals surface area contributed by atoms with E-state index in [1.54, 1.807) is 37.4 Å². The molecule has 1 heterocycles. The molecule has 2 rings (SSSR count). The molecule has 0 saturated heterocycles. The normalized spacial score (nSPS) is 11.5. The molecule has 0 aliphatic carbocycles. The summed E-state index contributed by atoms with van der Waals surface area (Å²) < 4.78 is 25.9. The number of aromatic nitrogens is 1. The van der Waals surface area contributed by atoms with E-state index in [4.69, 9.17) is 0 Å². The van der Waals surface area contributed by atoms with Gasteiger partial charge in [0.15, 0.2) is 0 Å². The maximum Gasteiger partial charge on any atom is 0.265 e. The molecule has 22 heavy (non-hydrogen) atoms. The van der Waals surface area contributed by atoms with E-state index in [-0.39, 0.29) is 0 Å². The summed E-state index contributed by atoms with van der Waals surface area (Å²) in [6.45, 7) is 3.67. The van der Waals surface area contributed by atoms with Crippen LogP contribution >= 0.6 is 0 Å². The van der Waals surface area contributed by atoms with Crippen LogP contribution in [-0.4, -0.2) is 19.3 Å². The second kappa shape index (κ2) is 6.53. The van der Waals surface area contributed by atoms with E-state index in [9.17, 15) is 13.2 Å². The van der Waals surface area contributed by atoms with Crippen molar-refractivity contribution < 1.29 is 13.2 Å². The first-order valence-electron chi connectivity index (χ1n) is 6.60. The molecule has 0 fully saturated rings. The van der Waals surface area contributed by atoms with Crippen molar-refractivity contribution in [1.29, 1.82) is 0 Å². The van der Waals surface area contributed by atoms with E-state index >= 15 is 0 Å². The number of carbonyl (C=O) groups excluding carboxylic acids is 1. The monoisotopic (exact) mass is 316 g/mol. The third-order valence-electron chi connectivity index (χ3n) is 2.99. The predicted molar refractivity (Wildman–Crippen MR) is 85.6 cm³/mol. The molecular weight excluding hydrogens is 300 g/mol. The molecule has 5 nitrogen and oxygen atoms in total. The van der Waals surface area contributed by atoms with Gasteiger partial charge in [-0.25, -0.2) is 13.1 Å². The summed E-state index contributed by atoms with van der Waals surface area (Å²) in [5.41, 5.74) is 2.70. The van der Waals surface area contributed by atoms with E-state index in [1.807, 2.05) is 17.7 Å². The Labute approximate surface area is 129 Å². The van der Waals surface area contributed by atoms with Gasteiger partial charge in [-0.05, 0) is 43.2 Å². The molecule has 0 unspecified atom stereocenters. The van der Waals surface area contributed by atoms with Gasteiger partial charge in [-0.1, -0.05) is 23.8 Å². The summed E-state index contributed by atoms with van der Waals surface area (Å²) in [4.78, 5) is 15.9. The number of sulfonamides is 1. The van der Waals surface area contributed by atoms with Crippen LogP contribution in [0.4, 0.5) is 0 Å². The maximum atomic E-state index is 12.1. The SMILES string of the molecule is Cc1ccc(C(=O)NS(=O)(=O)C=Cc2cccnc2)c(C)c1. The Kier molecular flexibility index (Phi) is 4.72. The van der Waals surface area contributed by atoms with Crippen molar-refractivity contribution in [3.05, 3.63) is 70.4 Å². The van der Waals surface area contributed by atoms with Crippen LogP contribution in [0, 0.1) is 13.8 Å². The summed E-state index contributed by atoms with van der Waals surface area (Å²) in [5.74, 6) is -0.645. The molecule has 0 aliphatic rings. The standard InChI is InChI=1S/C16H16N2O3S/c1-12-5-6-15(13(2)10-12)16(19)18-22(20,21)9-7-14-4-3-8-17-11-14/h3-11H,1-2H3,(H,18,19). The first kappa shape index (κ1) is 15.9. The Balaban J connectivity index is 2.14. The Hall–Kier alpha value is -2.47. The minimum atomic E-state index is -3.86. The van der Waals surface area contributed by atoms with Gasteiger partial charge in [0.2, 0.25) is 0 Å². The van der Waals surface area contributed by atoms with Crippen molar-refractivity contribution in [2.45, 2.75) is 13.8 Å². The average molecular weight is 316 g/mol. The number of benzene rings is 1. The first-order valence-corrected chi connectivity index (χ1v) is 8.14. The van der Waals surface area contributed by atoms with Gasteiger partial charge >= 0.3 is 0 Å². The highest BCUT2D eigenvalue weighted by Crippen LogP contribution is 2.11. The van der Waals surface area contributed by atoms with Crippen LogP contribution in [0.1, 0.15) is 27.0 Å². The second-order valence-electron chi connectivity index (χ2n) is 4.88. The number of rotatable bonds is 4. The van der Waals surface area contributed by atoms with Crippen LogP contribution in [0.3, 0.4) is 0 Å². The molecule has 6 heteroatoms. The van der Waals surface area contributed by atoms with E-state index in [0.717, 1.165) is 16.5 Å². The number of hydrogen-bond acceptors (Lipinski definition) is 4. The Morgan fingerprint density at radius 2 is 2.00 bits per heavy atom. The highest BCUT2D eigenvalue weighted by molar-refractivity contribution is 7.93. The zero-order chi connectivity index (χ0) is 16.2. The van der Waals surface area contributed by atoms with E-state index in [2.05, 4.69) is 4.98 Å². The molecule has 0 bridgehead atoms. The molecule has 0 radical (unpaired) electrons. The lowest BCUT2D eigenvalue weighted by molar-refractivity contribution is 0.0981. The predicted octanol–water partition coefficient (Wildman–Crippen LogP) is 2.43. The minimum Gasteiger partial charge on any atom is -0.268 e. The lowest BCUT2D eigenvalue weighted by atomic mass is 10.1. The number of nitrogens with one attached hydrogen (secondary N) is 1. The van der Waals surface area contributed by atoms with Gasteiger partial charge in [0, 0.05) is 18.0 Å². The van der Waals surface area contributed by atoms with Crippen molar-refractivity contribution in [1.82, 2.24) is 9.71 Å². The summed E-state index contributed by atoms with van der Waals surface area (Å²) in [6, 6.07) is 8.61. The van der Waals surface area contributed by atoms with Gasteiger partial charge in [0.1, 0.15) is 0 Å². The largest absolute Gasteiger partial charge is 0.268 e. The highest BCUT2D eigenvalue weighted by atomic mass is 32.2. The minimum absolute atomic E-state index is 0.337. The molecule has 114 valence electrons. The van der Waals surface area contributed by atoms with Crippen molar-refractivity contribution in [3.63, 3.8) is 0 Å². The molecule has 1 aromatic heterocycles. The molecular formula is C16H16N2O3S. The van der Waals surface area contributed by atoms with Gasteiger partial charge in [-0.3, -0.25) is 9.78 Å².